The van der Waals surface area contributed by atoms with Crippen LogP contribution in [0.4, 0.5) is 5.13 Å². The molecule has 3 aromatic heterocycles. The molecule has 1 N–H and O–H groups in total. The third kappa shape index (κ3) is 3.80. The number of hydrogen-bond donors (Lipinski definition) is 1. The second kappa shape index (κ2) is 7.92. The molecule has 0 fully saturated rings. The zero-order valence-corrected chi connectivity index (χ0v) is 18.0. The molecule has 5 aromatic rings. The van der Waals surface area contributed by atoms with E-state index >= 15 is 0 Å². The fraction of sp³-hybridized carbons (Fsp3) is 0.167. The Kier molecular flexibility index (Phi) is 4.95. The predicted molar refractivity (Wildman–Crippen MR) is 123 cm³/mol. The van der Waals surface area contributed by atoms with E-state index in [-0.39, 0.29) is 5.91 Å². The van der Waals surface area contributed by atoms with E-state index in [0.717, 1.165) is 27.0 Å². The molecule has 0 saturated heterocycles. The molecule has 0 saturated carbocycles. The largest absolute Gasteiger partial charge is 0.494 e. The maximum Gasteiger partial charge on any atom is 0.274 e. The Morgan fingerprint density at radius 1 is 1.16 bits per heavy atom. The van der Waals surface area contributed by atoms with Gasteiger partial charge in [-0.05, 0) is 37.6 Å². The average Bonchev–Trinajstić information content (AvgIpc) is 3.45. The number of nitrogens with zero attached hydrogens (tertiary/aromatic N) is 2. The topological polar surface area (TPSA) is 69.3 Å². The van der Waals surface area contributed by atoms with Crippen LogP contribution < -0.4 is 10.1 Å². The summed E-state index contributed by atoms with van der Waals surface area (Å²) in [5, 5.41) is 3.50. The number of anilines is 1. The number of nitrogens with one attached hydrogen (secondary N) is 1. The Hall–Kier alpha value is -3.58. The number of hydrogen-bond acceptors (Lipinski definition) is 5. The van der Waals surface area contributed by atoms with E-state index in [9.17, 15) is 4.79 Å². The van der Waals surface area contributed by atoms with Gasteiger partial charge in [0.25, 0.3) is 5.91 Å². The van der Waals surface area contributed by atoms with Gasteiger partial charge in [-0.25, -0.2) is 4.98 Å². The first-order valence-electron chi connectivity index (χ1n) is 10.1. The van der Waals surface area contributed by atoms with E-state index in [0.29, 0.717) is 29.6 Å². The summed E-state index contributed by atoms with van der Waals surface area (Å²) in [6.45, 7) is 5.18. The smallest absolute Gasteiger partial charge is 0.274 e. The van der Waals surface area contributed by atoms with E-state index in [2.05, 4.69) is 41.5 Å². The fourth-order valence-corrected chi connectivity index (χ4v) is 4.48. The molecule has 0 spiro atoms. The molecule has 0 aliphatic carbocycles. The number of thiazole rings is 1. The summed E-state index contributed by atoms with van der Waals surface area (Å²) < 4.78 is 14.0. The molecule has 0 unspecified atom stereocenters. The van der Waals surface area contributed by atoms with Crippen molar-refractivity contribution in [2.75, 3.05) is 11.9 Å². The van der Waals surface area contributed by atoms with E-state index in [1.807, 2.05) is 35.8 Å². The van der Waals surface area contributed by atoms with Crippen molar-refractivity contribution >= 4 is 43.7 Å². The highest BCUT2D eigenvalue weighted by Crippen LogP contribution is 2.30. The van der Waals surface area contributed by atoms with Gasteiger partial charge < -0.3 is 13.7 Å². The van der Waals surface area contributed by atoms with Gasteiger partial charge in [-0.1, -0.05) is 41.2 Å². The van der Waals surface area contributed by atoms with E-state index in [1.54, 1.807) is 12.3 Å². The van der Waals surface area contributed by atoms with Crippen LogP contribution in [-0.4, -0.2) is 22.1 Å². The number of furan rings is 1. The lowest BCUT2D eigenvalue weighted by atomic mass is 10.1. The Morgan fingerprint density at radius 2 is 2.00 bits per heavy atom. The lowest BCUT2D eigenvalue weighted by Crippen LogP contribution is -2.17. The highest BCUT2D eigenvalue weighted by Gasteiger charge is 2.19. The minimum absolute atomic E-state index is 0.220. The van der Waals surface area contributed by atoms with Crippen LogP contribution in [0.5, 0.6) is 5.75 Å². The molecule has 7 heteroatoms. The lowest BCUT2D eigenvalue weighted by Gasteiger charge is -2.10. The first kappa shape index (κ1) is 19.4. The number of fused-ring (bicyclic) bond motifs is 2. The van der Waals surface area contributed by atoms with Crippen LogP contribution in [0.25, 0.3) is 21.3 Å². The van der Waals surface area contributed by atoms with E-state index in [1.165, 1.54) is 16.9 Å². The van der Waals surface area contributed by atoms with Gasteiger partial charge in [0.05, 0.1) is 28.6 Å². The van der Waals surface area contributed by atoms with Gasteiger partial charge in [-0.15, -0.1) is 0 Å². The summed E-state index contributed by atoms with van der Waals surface area (Å²) in [6, 6.07) is 17.7. The zero-order chi connectivity index (χ0) is 21.4. The van der Waals surface area contributed by atoms with Crippen LogP contribution in [0.15, 0.2) is 65.3 Å². The molecule has 0 bridgehead atoms. The number of rotatable bonds is 6. The van der Waals surface area contributed by atoms with Crippen molar-refractivity contribution in [3.05, 3.63) is 77.7 Å². The van der Waals surface area contributed by atoms with Gasteiger partial charge >= 0.3 is 0 Å². The molecule has 156 valence electrons. The van der Waals surface area contributed by atoms with Gasteiger partial charge in [0.2, 0.25) is 0 Å². The van der Waals surface area contributed by atoms with Gasteiger partial charge in [0.15, 0.2) is 10.7 Å². The van der Waals surface area contributed by atoms with Gasteiger partial charge in [-0.3, -0.25) is 10.1 Å². The Labute approximate surface area is 183 Å². The summed E-state index contributed by atoms with van der Waals surface area (Å²) in [5.41, 5.74) is 5.24. The first-order chi connectivity index (χ1) is 15.1. The number of benzene rings is 2. The number of amides is 1. The van der Waals surface area contributed by atoms with Crippen molar-refractivity contribution in [3.63, 3.8) is 0 Å². The molecule has 5 rings (SSSR count). The minimum Gasteiger partial charge on any atom is -0.494 e. The summed E-state index contributed by atoms with van der Waals surface area (Å²) in [5.74, 6) is 0.575. The molecule has 0 radical (unpaired) electrons. The second-order valence-corrected chi connectivity index (χ2v) is 8.34. The molecule has 31 heavy (non-hydrogen) atoms. The number of ether oxygens (including phenoxy) is 1. The maximum absolute atomic E-state index is 13.2. The quantitative estimate of drug-likeness (QED) is 0.366. The van der Waals surface area contributed by atoms with Crippen molar-refractivity contribution in [3.8, 4) is 5.75 Å². The zero-order valence-electron chi connectivity index (χ0n) is 17.2. The number of aromatic nitrogens is 2. The van der Waals surface area contributed by atoms with E-state index in [4.69, 9.17) is 9.15 Å². The molecule has 2 aromatic carbocycles. The minimum atomic E-state index is -0.220. The molecule has 1 amide bonds. The standard InChI is InChI=1S/C24H21N3O3S/c1-3-29-17-8-9-18-22(12-17)31-24(25-18)26-23(28)20-13-21-19(10-11-30-21)27(20)14-16-6-4-15(2)5-7-16/h4-13H,3,14H2,1-2H3,(H,25,26,28). The summed E-state index contributed by atoms with van der Waals surface area (Å²) >= 11 is 1.42. The van der Waals surface area contributed by atoms with Crippen molar-refractivity contribution in [1.82, 2.24) is 9.55 Å². The van der Waals surface area contributed by atoms with Crippen molar-refractivity contribution in [2.45, 2.75) is 20.4 Å². The highest BCUT2D eigenvalue weighted by atomic mass is 32.1. The molecular formula is C24H21N3O3S. The lowest BCUT2D eigenvalue weighted by molar-refractivity contribution is 0.101. The van der Waals surface area contributed by atoms with Crippen LogP contribution in [0, 0.1) is 6.92 Å². The van der Waals surface area contributed by atoms with Crippen LogP contribution in [0.1, 0.15) is 28.5 Å². The Balaban J connectivity index is 1.45. The normalized spacial score (nSPS) is 11.3. The monoisotopic (exact) mass is 431 g/mol. The predicted octanol–water partition coefficient (Wildman–Crippen LogP) is 5.85. The first-order valence-corrected chi connectivity index (χ1v) is 10.9. The maximum atomic E-state index is 13.2. The third-order valence-electron chi connectivity index (χ3n) is 5.11. The van der Waals surface area contributed by atoms with Gasteiger partial charge in [-0.2, -0.15) is 0 Å². The summed E-state index contributed by atoms with van der Waals surface area (Å²) in [6.07, 6.45) is 1.64. The fourth-order valence-electron chi connectivity index (χ4n) is 3.59. The van der Waals surface area contributed by atoms with Crippen molar-refractivity contribution < 1.29 is 13.9 Å². The van der Waals surface area contributed by atoms with Crippen molar-refractivity contribution in [2.24, 2.45) is 0 Å². The third-order valence-corrected chi connectivity index (χ3v) is 6.04. The highest BCUT2D eigenvalue weighted by molar-refractivity contribution is 7.22. The molecule has 0 atom stereocenters. The van der Waals surface area contributed by atoms with Crippen LogP contribution >= 0.6 is 11.3 Å². The molecular weight excluding hydrogens is 410 g/mol. The van der Waals surface area contributed by atoms with Crippen LogP contribution in [0.3, 0.4) is 0 Å². The van der Waals surface area contributed by atoms with Crippen LogP contribution in [0.2, 0.25) is 0 Å². The van der Waals surface area contributed by atoms with Crippen molar-refractivity contribution in [1.29, 1.82) is 0 Å². The van der Waals surface area contributed by atoms with Crippen LogP contribution in [-0.2, 0) is 6.54 Å². The second-order valence-electron chi connectivity index (χ2n) is 7.31. The summed E-state index contributed by atoms with van der Waals surface area (Å²) in [7, 11) is 0. The van der Waals surface area contributed by atoms with Gasteiger partial charge in [0, 0.05) is 18.7 Å². The number of carbonyl (C=O) groups excluding carboxylic acids is 1. The number of aryl methyl sites for hydroxylation is 1. The summed E-state index contributed by atoms with van der Waals surface area (Å²) in [4.78, 5) is 17.7. The Morgan fingerprint density at radius 3 is 2.81 bits per heavy atom. The molecule has 3 heterocycles. The number of carbonyl (C=O) groups is 1. The SMILES string of the molecule is CCOc1ccc2nc(NC(=O)c3cc4occc4n3Cc3ccc(C)cc3)sc2c1. The Bertz CT molecular complexity index is 1380. The van der Waals surface area contributed by atoms with Gasteiger partial charge in [0.1, 0.15) is 11.4 Å². The molecule has 0 aliphatic rings. The van der Waals surface area contributed by atoms with E-state index < -0.39 is 0 Å². The molecule has 0 aliphatic heterocycles. The molecule has 6 nitrogen and oxygen atoms in total. The average molecular weight is 432 g/mol.